The van der Waals surface area contributed by atoms with Gasteiger partial charge in [-0.1, -0.05) is 48.5 Å². The standard InChI is InChI=1S/C20H22N2O5/c1-14(19(24)22-20(25)21-2)27-18(23)13-26-17-11-7-6-10-16(17)12-15-8-4-3-5-9-15/h3-11,14H,12-13H2,1-2H3,(H2,21,22,24,25)/t14-/m1/s1. The molecule has 0 radical (unpaired) electrons. The minimum atomic E-state index is -1.11. The first-order valence-corrected chi connectivity index (χ1v) is 8.46. The van der Waals surface area contributed by atoms with Gasteiger partial charge in [-0.2, -0.15) is 0 Å². The predicted molar refractivity (Wildman–Crippen MR) is 99.3 cm³/mol. The van der Waals surface area contributed by atoms with Crippen molar-refractivity contribution in [2.75, 3.05) is 13.7 Å². The zero-order chi connectivity index (χ0) is 19.6. The van der Waals surface area contributed by atoms with Crippen molar-refractivity contribution in [3.63, 3.8) is 0 Å². The molecule has 0 aromatic heterocycles. The van der Waals surface area contributed by atoms with Crippen molar-refractivity contribution < 1.29 is 23.9 Å². The van der Waals surface area contributed by atoms with Crippen LogP contribution in [-0.4, -0.2) is 37.7 Å². The van der Waals surface area contributed by atoms with Crippen molar-refractivity contribution in [3.05, 3.63) is 65.7 Å². The lowest BCUT2D eigenvalue weighted by Gasteiger charge is -2.14. The molecule has 2 aromatic rings. The van der Waals surface area contributed by atoms with Crippen molar-refractivity contribution in [2.24, 2.45) is 0 Å². The van der Waals surface area contributed by atoms with Crippen LogP contribution in [0.2, 0.25) is 0 Å². The minimum absolute atomic E-state index is 0.344. The number of urea groups is 1. The number of carbonyl (C=O) groups is 3. The SMILES string of the molecule is CNC(=O)NC(=O)[C@@H](C)OC(=O)COc1ccccc1Cc1ccccc1. The Morgan fingerprint density at radius 3 is 2.37 bits per heavy atom. The van der Waals surface area contributed by atoms with Gasteiger partial charge in [0.15, 0.2) is 12.7 Å². The summed E-state index contributed by atoms with van der Waals surface area (Å²) in [6.07, 6.45) is -0.449. The summed E-state index contributed by atoms with van der Waals surface area (Å²) >= 11 is 0. The van der Waals surface area contributed by atoms with Gasteiger partial charge in [0, 0.05) is 13.5 Å². The van der Waals surface area contributed by atoms with E-state index >= 15 is 0 Å². The first kappa shape index (κ1) is 20.0. The molecule has 0 heterocycles. The average Bonchev–Trinajstić information content (AvgIpc) is 2.68. The molecule has 0 aliphatic carbocycles. The lowest BCUT2D eigenvalue weighted by atomic mass is 10.0. The van der Waals surface area contributed by atoms with Crippen LogP contribution in [0, 0.1) is 0 Å². The molecule has 2 rings (SSSR count). The molecule has 0 aliphatic rings. The summed E-state index contributed by atoms with van der Waals surface area (Å²) in [6, 6.07) is 16.6. The lowest BCUT2D eigenvalue weighted by Crippen LogP contribution is -2.43. The zero-order valence-corrected chi connectivity index (χ0v) is 15.2. The molecule has 0 unspecified atom stereocenters. The van der Waals surface area contributed by atoms with E-state index in [1.165, 1.54) is 14.0 Å². The molecule has 3 amide bonds. The first-order valence-electron chi connectivity index (χ1n) is 8.46. The highest BCUT2D eigenvalue weighted by Gasteiger charge is 2.20. The summed E-state index contributed by atoms with van der Waals surface area (Å²) in [7, 11) is 1.38. The second-order valence-corrected chi connectivity index (χ2v) is 5.76. The maximum absolute atomic E-state index is 11.9. The molecule has 2 N–H and O–H groups in total. The van der Waals surface area contributed by atoms with E-state index in [2.05, 4.69) is 5.32 Å². The molecule has 0 aliphatic heterocycles. The van der Waals surface area contributed by atoms with Crippen LogP contribution < -0.4 is 15.4 Å². The maximum Gasteiger partial charge on any atom is 0.344 e. The fraction of sp³-hybridized carbons (Fsp3) is 0.250. The van der Waals surface area contributed by atoms with E-state index in [0.717, 1.165) is 11.1 Å². The predicted octanol–water partition coefficient (Wildman–Crippen LogP) is 2.04. The second-order valence-electron chi connectivity index (χ2n) is 5.76. The number of benzene rings is 2. The van der Waals surface area contributed by atoms with Crippen molar-refractivity contribution >= 4 is 17.9 Å². The normalized spacial score (nSPS) is 11.2. The maximum atomic E-state index is 11.9. The summed E-state index contributed by atoms with van der Waals surface area (Å²) in [4.78, 5) is 34.7. The Morgan fingerprint density at radius 2 is 1.67 bits per heavy atom. The Bertz CT molecular complexity index is 792. The Hall–Kier alpha value is -3.35. The molecule has 2 aromatic carbocycles. The Kier molecular flexibility index (Phi) is 7.37. The van der Waals surface area contributed by atoms with Crippen molar-refractivity contribution in [3.8, 4) is 5.75 Å². The van der Waals surface area contributed by atoms with Crippen molar-refractivity contribution in [1.82, 2.24) is 10.6 Å². The van der Waals surface area contributed by atoms with E-state index in [-0.39, 0.29) is 6.61 Å². The van der Waals surface area contributed by atoms with Crippen LogP contribution in [-0.2, 0) is 20.7 Å². The molecule has 0 spiro atoms. The molecule has 0 saturated heterocycles. The van der Waals surface area contributed by atoms with E-state index in [1.54, 1.807) is 6.07 Å². The van der Waals surface area contributed by atoms with Crippen molar-refractivity contribution in [1.29, 1.82) is 0 Å². The Morgan fingerprint density at radius 1 is 1.00 bits per heavy atom. The molecule has 0 saturated carbocycles. The van der Waals surface area contributed by atoms with Gasteiger partial charge >= 0.3 is 12.0 Å². The summed E-state index contributed by atoms with van der Waals surface area (Å²) in [5.74, 6) is -0.850. The third kappa shape index (κ3) is 6.47. The van der Waals surface area contributed by atoms with Gasteiger partial charge < -0.3 is 14.8 Å². The summed E-state index contributed by atoms with van der Waals surface area (Å²) in [5.41, 5.74) is 2.05. The minimum Gasteiger partial charge on any atom is -0.482 e. The number of carbonyl (C=O) groups excluding carboxylic acids is 3. The van der Waals surface area contributed by atoms with Gasteiger partial charge in [-0.05, 0) is 24.1 Å². The highest BCUT2D eigenvalue weighted by atomic mass is 16.6. The number of ether oxygens (including phenoxy) is 2. The number of hydrogen-bond acceptors (Lipinski definition) is 5. The van der Waals surface area contributed by atoms with Gasteiger partial charge in [-0.3, -0.25) is 10.1 Å². The molecule has 27 heavy (non-hydrogen) atoms. The summed E-state index contributed by atoms with van der Waals surface area (Å²) in [5, 5.41) is 4.28. The quantitative estimate of drug-likeness (QED) is 0.728. The van der Waals surface area contributed by atoms with Crippen LogP contribution in [0.3, 0.4) is 0 Å². The molecule has 0 bridgehead atoms. The number of nitrogens with one attached hydrogen (secondary N) is 2. The smallest absolute Gasteiger partial charge is 0.344 e. The van der Waals surface area contributed by atoms with E-state index in [4.69, 9.17) is 9.47 Å². The fourth-order valence-electron chi connectivity index (χ4n) is 2.30. The van der Waals surface area contributed by atoms with Gasteiger partial charge in [0.05, 0.1) is 0 Å². The molecule has 0 fully saturated rings. The molecule has 7 heteroatoms. The third-order valence-electron chi connectivity index (χ3n) is 3.70. The van der Waals surface area contributed by atoms with Crippen LogP contribution in [0.5, 0.6) is 5.75 Å². The summed E-state index contributed by atoms with van der Waals surface area (Å²) in [6.45, 7) is 1.03. The van der Waals surface area contributed by atoms with E-state index in [0.29, 0.717) is 12.2 Å². The molecule has 7 nitrogen and oxygen atoms in total. The number of hydrogen-bond donors (Lipinski definition) is 2. The zero-order valence-electron chi connectivity index (χ0n) is 15.2. The Labute approximate surface area is 157 Å². The van der Waals surface area contributed by atoms with Crippen molar-refractivity contribution in [2.45, 2.75) is 19.4 Å². The lowest BCUT2D eigenvalue weighted by molar-refractivity contribution is -0.156. The number of para-hydroxylation sites is 1. The van der Waals surface area contributed by atoms with Gasteiger partial charge in [0.2, 0.25) is 0 Å². The largest absolute Gasteiger partial charge is 0.482 e. The van der Waals surface area contributed by atoms with Gasteiger partial charge in [0.1, 0.15) is 5.75 Å². The van der Waals surface area contributed by atoms with Gasteiger partial charge in [-0.15, -0.1) is 0 Å². The average molecular weight is 370 g/mol. The summed E-state index contributed by atoms with van der Waals surface area (Å²) < 4.78 is 10.5. The monoisotopic (exact) mass is 370 g/mol. The number of esters is 1. The van der Waals surface area contributed by atoms with Crippen LogP contribution in [0.15, 0.2) is 54.6 Å². The van der Waals surface area contributed by atoms with Gasteiger partial charge in [-0.25, -0.2) is 9.59 Å². The van der Waals surface area contributed by atoms with E-state index in [1.807, 2.05) is 53.8 Å². The van der Waals surface area contributed by atoms with Crippen LogP contribution in [0.4, 0.5) is 4.79 Å². The molecular formula is C20H22N2O5. The fourth-order valence-corrected chi connectivity index (χ4v) is 2.30. The second kappa shape index (κ2) is 9.96. The van der Waals surface area contributed by atoms with Gasteiger partial charge in [0.25, 0.3) is 5.91 Å². The highest BCUT2D eigenvalue weighted by Crippen LogP contribution is 2.21. The molecule has 142 valence electrons. The number of rotatable bonds is 7. The van der Waals surface area contributed by atoms with Crippen LogP contribution in [0.1, 0.15) is 18.1 Å². The van der Waals surface area contributed by atoms with E-state index < -0.39 is 24.0 Å². The molecule has 1 atom stereocenters. The first-order chi connectivity index (χ1) is 13.0. The molecular weight excluding hydrogens is 348 g/mol. The topological polar surface area (TPSA) is 93.7 Å². The van der Waals surface area contributed by atoms with E-state index in [9.17, 15) is 14.4 Å². The third-order valence-corrected chi connectivity index (χ3v) is 3.70. The van der Waals surface area contributed by atoms with Crippen LogP contribution >= 0.6 is 0 Å². The highest BCUT2D eigenvalue weighted by molar-refractivity contribution is 5.97. The Balaban J connectivity index is 1.90. The number of imide groups is 1. The number of amides is 3. The van der Waals surface area contributed by atoms with Crippen LogP contribution in [0.25, 0.3) is 0 Å².